The van der Waals surface area contributed by atoms with E-state index in [0.717, 1.165) is 0 Å². The average molecular weight is 113 g/mol. The van der Waals surface area contributed by atoms with Crippen LogP contribution < -0.4 is 5.73 Å². The second kappa shape index (κ2) is 1.45. The molecule has 1 heterocycles. The summed E-state index contributed by atoms with van der Waals surface area (Å²) >= 11 is 0. The van der Waals surface area contributed by atoms with E-state index >= 15 is 0 Å². The highest BCUT2D eigenvalue weighted by atomic mass is 16.5. The van der Waals surface area contributed by atoms with Crippen molar-refractivity contribution in [2.24, 2.45) is 11.7 Å². The van der Waals surface area contributed by atoms with Crippen molar-refractivity contribution < 1.29 is 4.74 Å². The molecule has 2 heteroatoms. The number of hydrogen-bond donors (Lipinski definition) is 1. The van der Waals surface area contributed by atoms with Gasteiger partial charge in [-0.2, -0.15) is 0 Å². The van der Waals surface area contributed by atoms with Gasteiger partial charge in [-0.1, -0.05) is 0 Å². The Morgan fingerprint density at radius 3 is 2.50 bits per heavy atom. The van der Waals surface area contributed by atoms with Crippen LogP contribution >= 0.6 is 0 Å². The molecule has 1 aliphatic heterocycles. The molecule has 1 saturated carbocycles. The van der Waals surface area contributed by atoms with E-state index in [1.54, 1.807) is 0 Å². The molecule has 0 aromatic heterocycles. The molecule has 2 N–H and O–H groups in total. The Hall–Kier alpha value is -0.0800. The Labute approximate surface area is 49.0 Å². The number of ether oxygens (including phenoxy) is 1. The van der Waals surface area contributed by atoms with E-state index in [1.165, 1.54) is 19.3 Å². The quantitative estimate of drug-likeness (QED) is 0.495. The van der Waals surface area contributed by atoms with Gasteiger partial charge in [0.2, 0.25) is 0 Å². The van der Waals surface area contributed by atoms with Gasteiger partial charge in [-0.3, -0.25) is 0 Å². The topological polar surface area (TPSA) is 35.2 Å². The molecule has 8 heavy (non-hydrogen) atoms. The molecule has 0 amide bonds. The minimum Gasteiger partial charge on any atom is -0.360 e. The second-order valence-electron chi connectivity index (χ2n) is 2.80. The summed E-state index contributed by atoms with van der Waals surface area (Å²) in [5.41, 5.74) is 5.60. The van der Waals surface area contributed by atoms with Gasteiger partial charge in [0.05, 0.1) is 6.10 Å². The number of nitrogens with two attached hydrogens (primary N) is 1. The maximum atomic E-state index is 5.60. The van der Waals surface area contributed by atoms with E-state index in [4.69, 9.17) is 10.5 Å². The predicted molar refractivity (Wildman–Crippen MR) is 30.2 cm³/mol. The van der Waals surface area contributed by atoms with E-state index in [2.05, 4.69) is 0 Å². The maximum Gasteiger partial charge on any atom is 0.108 e. The summed E-state index contributed by atoms with van der Waals surface area (Å²) in [6, 6.07) is 0. The van der Waals surface area contributed by atoms with Crippen molar-refractivity contribution in [3.63, 3.8) is 0 Å². The van der Waals surface area contributed by atoms with E-state index in [-0.39, 0.29) is 6.23 Å². The van der Waals surface area contributed by atoms with Crippen LogP contribution in [0.5, 0.6) is 0 Å². The smallest absolute Gasteiger partial charge is 0.108 e. The molecular formula is C6H11NO. The molecule has 2 rings (SSSR count). The molecule has 0 spiro atoms. The fourth-order valence-corrected chi connectivity index (χ4v) is 1.73. The minimum absolute atomic E-state index is 0.0775. The number of fused-ring (bicyclic) bond motifs is 2. The standard InChI is InChI=1S/C6H11NO/c7-6-4-1-2-5(3-4)8-6/h4-6H,1-3,7H2. The number of rotatable bonds is 0. The van der Waals surface area contributed by atoms with E-state index in [1.807, 2.05) is 0 Å². The molecule has 2 fully saturated rings. The number of hydrogen-bond acceptors (Lipinski definition) is 2. The largest absolute Gasteiger partial charge is 0.360 e. The summed E-state index contributed by atoms with van der Waals surface area (Å²) in [5, 5.41) is 0. The van der Waals surface area contributed by atoms with Crippen LogP contribution in [0.25, 0.3) is 0 Å². The van der Waals surface area contributed by atoms with Crippen molar-refractivity contribution in [3.05, 3.63) is 0 Å². The first-order valence-electron chi connectivity index (χ1n) is 3.27. The monoisotopic (exact) mass is 113 g/mol. The minimum atomic E-state index is 0.0775. The molecule has 3 unspecified atom stereocenters. The zero-order valence-corrected chi connectivity index (χ0v) is 4.84. The van der Waals surface area contributed by atoms with Crippen LogP contribution in [0.3, 0.4) is 0 Å². The zero-order valence-electron chi connectivity index (χ0n) is 4.84. The lowest BCUT2D eigenvalue weighted by molar-refractivity contribution is 0.00829. The third kappa shape index (κ3) is 0.501. The van der Waals surface area contributed by atoms with E-state index in [9.17, 15) is 0 Å². The fraction of sp³-hybridized carbons (Fsp3) is 1.00. The highest BCUT2D eigenvalue weighted by Gasteiger charge is 2.38. The van der Waals surface area contributed by atoms with Crippen LogP contribution in [0.1, 0.15) is 19.3 Å². The van der Waals surface area contributed by atoms with Crippen molar-refractivity contribution in [1.82, 2.24) is 0 Å². The molecule has 46 valence electrons. The Bertz CT molecular complexity index is 103. The van der Waals surface area contributed by atoms with Gasteiger partial charge in [0, 0.05) is 5.92 Å². The lowest BCUT2D eigenvalue weighted by Gasteiger charge is -2.16. The summed E-state index contributed by atoms with van der Waals surface area (Å²) < 4.78 is 5.34. The Morgan fingerprint density at radius 1 is 1.38 bits per heavy atom. The first-order chi connectivity index (χ1) is 3.86. The lowest BCUT2D eigenvalue weighted by atomic mass is 10.1. The van der Waals surface area contributed by atoms with Crippen molar-refractivity contribution >= 4 is 0 Å². The highest BCUT2D eigenvalue weighted by molar-refractivity contribution is 4.86. The van der Waals surface area contributed by atoms with Crippen LogP contribution in [0.4, 0.5) is 0 Å². The molecule has 3 atom stereocenters. The Balaban J connectivity index is 2.11. The molecule has 1 aliphatic carbocycles. The summed E-state index contributed by atoms with van der Waals surface area (Å²) in [4.78, 5) is 0. The maximum absolute atomic E-state index is 5.60. The average Bonchev–Trinajstić information content (AvgIpc) is 2.23. The van der Waals surface area contributed by atoms with Gasteiger partial charge in [0.15, 0.2) is 0 Å². The van der Waals surface area contributed by atoms with Gasteiger partial charge >= 0.3 is 0 Å². The van der Waals surface area contributed by atoms with Crippen LogP contribution in [0.15, 0.2) is 0 Å². The van der Waals surface area contributed by atoms with E-state index < -0.39 is 0 Å². The van der Waals surface area contributed by atoms with Crippen LogP contribution in [0.2, 0.25) is 0 Å². The molecule has 0 radical (unpaired) electrons. The van der Waals surface area contributed by atoms with Gasteiger partial charge in [0.1, 0.15) is 6.23 Å². The molecule has 2 nitrogen and oxygen atoms in total. The third-order valence-electron chi connectivity index (χ3n) is 2.24. The van der Waals surface area contributed by atoms with Crippen molar-refractivity contribution in [1.29, 1.82) is 0 Å². The van der Waals surface area contributed by atoms with Crippen LogP contribution in [-0.2, 0) is 4.74 Å². The Kier molecular flexibility index (Phi) is 0.866. The predicted octanol–water partition coefficient (Wildman–Crippen LogP) is 0.470. The molecule has 0 aromatic rings. The molecule has 2 bridgehead atoms. The fourth-order valence-electron chi connectivity index (χ4n) is 1.73. The van der Waals surface area contributed by atoms with Crippen LogP contribution in [0, 0.1) is 5.92 Å². The second-order valence-corrected chi connectivity index (χ2v) is 2.80. The molecule has 0 aromatic carbocycles. The van der Waals surface area contributed by atoms with Crippen LogP contribution in [-0.4, -0.2) is 12.3 Å². The Morgan fingerprint density at radius 2 is 2.25 bits per heavy atom. The van der Waals surface area contributed by atoms with Crippen molar-refractivity contribution in [2.75, 3.05) is 0 Å². The first-order valence-corrected chi connectivity index (χ1v) is 3.27. The van der Waals surface area contributed by atoms with Gasteiger partial charge < -0.3 is 10.5 Å². The van der Waals surface area contributed by atoms with Gasteiger partial charge in [-0.15, -0.1) is 0 Å². The van der Waals surface area contributed by atoms with E-state index in [0.29, 0.717) is 12.0 Å². The zero-order chi connectivity index (χ0) is 5.56. The molecule has 2 aliphatic rings. The van der Waals surface area contributed by atoms with Gasteiger partial charge in [-0.25, -0.2) is 0 Å². The SMILES string of the molecule is NC1OC2CCC1C2. The first kappa shape index (κ1) is 4.77. The van der Waals surface area contributed by atoms with Gasteiger partial charge in [-0.05, 0) is 19.3 Å². The van der Waals surface area contributed by atoms with Crippen molar-refractivity contribution in [2.45, 2.75) is 31.6 Å². The highest BCUT2D eigenvalue weighted by Crippen LogP contribution is 2.37. The van der Waals surface area contributed by atoms with Crippen molar-refractivity contribution in [3.8, 4) is 0 Å². The lowest BCUT2D eigenvalue weighted by Crippen LogP contribution is -2.29. The summed E-state index contributed by atoms with van der Waals surface area (Å²) in [6.45, 7) is 0. The molecule has 1 saturated heterocycles. The summed E-state index contributed by atoms with van der Waals surface area (Å²) in [7, 11) is 0. The molecular weight excluding hydrogens is 102 g/mol. The summed E-state index contributed by atoms with van der Waals surface area (Å²) in [5.74, 6) is 0.694. The summed E-state index contributed by atoms with van der Waals surface area (Å²) in [6.07, 6.45) is 4.37. The third-order valence-corrected chi connectivity index (χ3v) is 2.24. The normalized spacial score (nSPS) is 52.9. The van der Waals surface area contributed by atoms with Gasteiger partial charge in [0.25, 0.3) is 0 Å².